The van der Waals surface area contributed by atoms with Crippen molar-refractivity contribution in [2.75, 3.05) is 13.1 Å². The van der Waals surface area contributed by atoms with Crippen LogP contribution in [0.25, 0.3) is 0 Å². The highest BCUT2D eigenvalue weighted by atomic mass is 16.5. The minimum absolute atomic E-state index is 0.0729. The number of nitrogens with one attached hydrogen (secondary N) is 1. The molecule has 0 aromatic heterocycles. The maximum atomic E-state index is 9.23. The zero-order valence-corrected chi connectivity index (χ0v) is 5.21. The lowest BCUT2D eigenvalue weighted by Gasteiger charge is -2.20. The molecular formula is C6H11NO2. The summed E-state index contributed by atoms with van der Waals surface area (Å²) in [5, 5.41) is 12.4. The quantitative estimate of drug-likeness (QED) is 0.446. The number of fused-ring (bicyclic) bond motifs is 2. The summed E-state index contributed by atoms with van der Waals surface area (Å²) >= 11 is 0. The summed E-state index contributed by atoms with van der Waals surface area (Å²) in [5.41, 5.74) is 0. The van der Waals surface area contributed by atoms with Gasteiger partial charge < -0.3 is 15.2 Å². The predicted octanol–water partition coefficient (Wildman–Crippen LogP) is -0.892. The van der Waals surface area contributed by atoms with Gasteiger partial charge in [-0.15, -0.1) is 0 Å². The Morgan fingerprint density at radius 2 is 2.33 bits per heavy atom. The standard InChI is InChI=1S/C6H11NO2/c8-5-1-4-2-7-3-6(5)9-4/h4-8H,1-3H2. The van der Waals surface area contributed by atoms with Gasteiger partial charge in [-0.05, 0) is 0 Å². The van der Waals surface area contributed by atoms with Crippen molar-refractivity contribution in [1.29, 1.82) is 0 Å². The zero-order chi connectivity index (χ0) is 6.27. The van der Waals surface area contributed by atoms with E-state index in [0.29, 0.717) is 0 Å². The summed E-state index contributed by atoms with van der Waals surface area (Å²) < 4.78 is 5.40. The molecule has 2 N–H and O–H groups in total. The summed E-state index contributed by atoms with van der Waals surface area (Å²) in [5.74, 6) is 0. The minimum atomic E-state index is -0.218. The smallest absolute Gasteiger partial charge is 0.0963 e. The van der Waals surface area contributed by atoms with Crippen LogP contribution in [0.3, 0.4) is 0 Å². The number of hydrogen-bond acceptors (Lipinski definition) is 3. The van der Waals surface area contributed by atoms with Crippen molar-refractivity contribution in [3.8, 4) is 0 Å². The van der Waals surface area contributed by atoms with Gasteiger partial charge in [0.15, 0.2) is 0 Å². The second-order valence-corrected chi connectivity index (χ2v) is 2.76. The molecule has 2 aliphatic heterocycles. The molecule has 2 bridgehead atoms. The van der Waals surface area contributed by atoms with Gasteiger partial charge in [-0.3, -0.25) is 0 Å². The highest BCUT2D eigenvalue weighted by molar-refractivity contribution is 4.88. The molecule has 2 aliphatic rings. The van der Waals surface area contributed by atoms with E-state index in [2.05, 4.69) is 5.32 Å². The molecule has 0 saturated carbocycles. The minimum Gasteiger partial charge on any atom is -0.390 e. The molecule has 0 aliphatic carbocycles. The van der Waals surface area contributed by atoms with Crippen molar-refractivity contribution in [2.45, 2.75) is 24.7 Å². The van der Waals surface area contributed by atoms with Crippen LogP contribution in [0, 0.1) is 0 Å². The van der Waals surface area contributed by atoms with Gasteiger partial charge in [0.1, 0.15) is 0 Å². The van der Waals surface area contributed by atoms with Gasteiger partial charge in [0.25, 0.3) is 0 Å². The third-order valence-electron chi connectivity index (χ3n) is 2.02. The normalized spacial score (nSPS) is 49.7. The van der Waals surface area contributed by atoms with Crippen molar-refractivity contribution < 1.29 is 9.84 Å². The van der Waals surface area contributed by atoms with E-state index in [1.807, 2.05) is 0 Å². The van der Waals surface area contributed by atoms with Gasteiger partial charge >= 0.3 is 0 Å². The fourth-order valence-electron chi connectivity index (χ4n) is 1.52. The fraction of sp³-hybridized carbons (Fsp3) is 1.00. The Labute approximate surface area is 54.0 Å². The first-order valence-corrected chi connectivity index (χ1v) is 3.40. The second kappa shape index (κ2) is 1.94. The predicted molar refractivity (Wildman–Crippen MR) is 32.2 cm³/mol. The average molecular weight is 129 g/mol. The van der Waals surface area contributed by atoms with Crippen LogP contribution in [0.4, 0.5) is 0 Å². The SMILES string of the molecule is OC1CC2CNCC1O2. The van der Waals surface area contributed by atoms with E-state index in [-0.39, 0.29) is 18.3 Å². The molecule has 2 fully saturated rings. The van der Waals surface area contributed by atoms with E-state index >= 15 is 0 Å². The zero-order valence-electron chi connectivity index (χ0n) is 5.21. The van der Waals surface area contributed by atoms with Crippen molar-refractivity contribution >= 4 is 0 Å². The van der Waals surface area contributed by atoms with E-state index in [4.69, 9.17) is 4.74 Å². The number of aliphatic hydroxyl groups excluding tert-OH is 1. The van der Waals surface area contributed by atoms with Crippen molar-refractivity contribution in [2.24, 2.45) is 0 Å². The van der Waals surface area contributed by atoms with Crippen LogP contribution < -0.4 is 5.32 Å². The number of ether oxygens (including phenoxy) is 1. The van der Waals surface area contributed by atoms with Crippen LogP contribution in [0.2, 0.25) is 0 Å². The Hall–Kier alpha value is -0.120. The van der Waals surface area contributed by atoms with E-state index in [0.717, 1.165) is 19.5 Å². The van der Waals surface area contributed by atoms with Crippen LogP contribution in [-0.2, 0) is 4.74 Å². The summed E-state index contributed by atoms with van der Waals surface area (Å²) in [4.78, 5) is 0. The maximum Gasteiger partial charge on any atom is 0.0963 e. The van der Waals surface area contributed by atoms with E-state index in [9.17, 15) is 5.11 Å². The summed E-state index contributed by atoms with van der Waals surface area (Å²) in [7, 11) is 0. The number of aliphatic hydroxyl groups is 1. The molecule has 0 radical (unpaired) electrons. The van der Waals surface area contributed by atoms with Crippen molar-refractivity contribution in [1.82, 2.24) is 5.32 Å². The van der Waals surface area contributed by atoms with Crippen LogP contribution in [0.1, 0.15) is 6.42 Å². The lowest BCUT2D eigenvalue weighted by atomic mass is 10.2. The molecule has 3 heteroatoms. The molecule has 2 saturated heterocycles. The lowest BCUT2D eigenvalue weighted by Crippen LogP contribution is -2.40. The van der Waals surface area contributed by atoms with Gasteiger partial charge in [-0.1, -0.05) is 0 Å². The van der Waals surface area contributed by atoms with Gasteiger partial charge in [0, 0.05) is 19.5 Å². The van der Waals surface area contributed by atoms with Gasteiger partial charge in [-0.25, -0.2) is 0 Å². The Balaban J connectivity index is 2.07. The molecule has 3 unspecified atom stereocenters. The largest absolute Gasteiger partial charge is 0.390 e. The van der Waals surface area contributed by atoms with Crippen LogP contribution in [0.15, 0.2) is 0 Å². The monoisotopic (exact) mass is 129 g/mol. The van der Waals surface area contributed by atoms with Crippen LogP contribution in [-0.4, -0.2) is 36.5 Å². The Morgan fingerprint density at radius 1 is 1.44 bits per heavy atom. The average Bonchev–Trinajstić information content (AvgIpc) is 2.09. The summed E-state index contributed by atoms with van der Waals surface area (Å²) in [6.45, 7) is 1.73. The van der Waals surface area contributed by atoms with Crippen LogP contribution in [0.5, 0.6) is 0 Å². The van der Waals surface area contributed by atoms with Gasteiger partial charge in [0.05, 0.1) is 18.3 Å². The van der Waals surface area contributed by atoms with E-state index in [1.165, 1.54) is 0 Å². The molecular weight excluding hydrogens is 118 g/mol. The van der Waals surface area contributed by atoms with Crippen LogP contribution >= 0.6 is 0 Å². The highest BCUT2D eigenvalue weighted by Crippen LogP contribution is 2.22. The molecule has 2 rings (SSSR count). The Morgan fingerprint density at radius 3 is 3.00 bits per heavy atom. The fourth-order valence-corrected chi connectivity index (χ4v) is 1.52. The number of rotatable bonds is 0. The first-order chi connectivity index (χ1) is 4.36. The van der Waals surface area contributed by atoms with Crippen molar-refractivity contribution in [3.63, 3.8) is 0 Å². The molecule has 3 atom stereocenters. The van der Waals surface area contributed by atoms with Crippen molar-refractivity contribution in [3.05, 3.63) is 0 Å². The first kappa shape index (κ1) is 5.65. The molecule has 2 heterocycles. The maximum absolute atomic E-state index is 9.23. The third kappa shape index (κ3) is 0.852. The lowest BCUT2D eigenvalue weighted by molar-refractivity contribution is -0.0108. The third-order valence-corrected chi connectivity index (χ3v) is 2.02. The Bertz CT molecular complexity index is 116. The molecule has 3 nitrogen and oxygen atoms in total. The molecule has 0 amide bonds. The molecule has 0 aromatic rings. The Kier molecular flexibility index (Phi) is 1.22. The summed E-state index contributed by atoms with van der Waals surface area (Å²) in [6.07, 6.45) is 0.949. The second-order valence-electron chi connectivity index (χ2n) is 2.76. The molecule has 9 heavy (non-hydrogen) atoms. The summed E-state index contributed by atoms with van der Waals surface area (Å²) in [6, 6.07) is 0. The van der Waals surface area contributed by atoms with E-state index in [1.54, 1.807) is 0 Å². The molecule has 52 valence electrons. The number of morpholine rings is 1. The molecule has 0 spiro atoms. The first-order valence-electron chi connectivity index (χ1n) is 3.40. The topological polar surface area (TPSA) is 41.5 Å². The van der Waals surface area contributed by atoms with E-state index < -0.39 is 0 Å². The highest BCUT2D eigenvalue weighted by Gasteiger charge is 2.36. The molecule has 0 aromatic carbocycles. The van der Waals surface area contributed by atoms with Gasteiger partial charge in [-0.2, -0.15) is 0 Å². The number of hydrogen-bond donors (Lipinski definition) is 2. The van der Waals surface area contributed by atoms with Gasteiger partial charge in [0.2, 0.25) is 0 Å².